The molecule has 0 aliphatic rings. The molecular weight excluding hydrogens is 209 g/mol. The third-order valence-electron chi connectivity index (χ3n) is 1.99. The lowest BCUT2D eigenvalue weighted by Gasteiger charge is -2.12. The summed E-state index contributed by atoms with van der Waals surface area (Å²) in [7, 11) is 1.46. The number of methoxy groups -OCH3 is 1. The summed E-state index contributed by atoms with van der Waals surface area (Å²) in [5, 5.41) is 0.211. The summed E-state index contributed by atoms with van der Waals surface area (Å²) in [4.78, 5) is 4.46. The molecule has 0 heterocycles. The smallest absolute Gasteiger partial charge is 0.143 e. The zero-order valence-electron chi connectivity index (χ0n) is 7.93. The van der Waals surface area contributed by atoms with Crippen molar-refractivity contribution in [3.8, 4) is 5.75 Å². The van der Waals surface area contributed by atoms with E-state index in [-0.39, 0.29) is 11.6 Å². The van der Waals surface area contributed by atoms with Crippen molar-refractivity contribution in [2.75, 3.05) is 7.11 Å². The molecule has 0 atom stereocenters. The van der Waals surface area contributed by atoms with E-state index >= 15 is 0 Å². The molecule has 3 nitrogen and oxygen atoms in total. The van der Waals surface area contributed by atoms with Crippen LogP contribution in [-0.2, 0) is 11.4 Å². The molecule has 0 saturated carbocycles. The highest BCUT2D eigenvalue weighted by Gasteiger charge is 2.15. The van der Waals surface area contributed by atoms with Gasteiger partial charge in [-0.3, -0.25) is 4.84 Å². The summed E-state index contributed by atoms with van der Waals surface area (Å²) in [5.74, 6) is 4.93. The van der Waals surface area contributed by atoms with Crippen molar-refractivity contribution in [3.63, 3.8) is 0 Å². The van der Waals surface area contributed by atoms with Crippen LogP contribution in [0.25, 0.3) is 0 Å². The van der Waals surface area contributed by atoms with E-state index in [0.717, 1.165) is 0 Å². The van der Waals surface area contributed by atoms with Gasteiger partial charge in [0.25, 0.3) is 0 Å². The first-order chi connectivity index (χ1) is 6.61. The third-order valence-corrected chi connectivity index (χ3v) is 2.27. The highest BCUT2D eigenvalue weighted by Crippen LogP contribution is 2.33. The zero-order valence-corrected chi connectivity index (χ0v) is 8.69. The van der Waals surface area contributed by atoms with Crippen LogP contribution in [-0.4, -0.2) is 7.11 Å². The van der Waals surface area contributed by atoms with E-state index in [4.69, 9.17) is 22.2 Å². The van der Waals surface area contributed by atoms with Gasteiger partial charge in [-0.1, -0.05) is 11.6 Å². The summed E-state index contributed by atoms with van der Waals surface area (Å²) in [6, 6.07) is 1.20. The van der Waals surface area contributed by atoms with Gasteiger partial charge >= 0.3 is 0 Å². The van der Waals surface area contributed by atoms with Crippen LogP contribution in [0.1, 0.15) is 11.1 Å². The summed E-state index contributed by atoms with van der Waals surface area (Å²) in [6.45, 7) is 1.68. The molecule has 0 radical (unpaired) electrons. The minimum atomic E-state index is -0.400. The van der Waals surface area contributed by atoms with E-state index in [1.54, 1.807) is 6.92 Å². The average molecular weight is 220 g/mol. The molecule has 0 spiro atoms. The molecule has 0 aliphatic carbocycles. The maximum Gasteiger partial charge on any atom is 0.143 e. The van der Waals surface area contributed by atoms with Crippen LogP contribution in [0.5, 0.6) is 5.75 Å². The fraction of sp³-hybridized carbons (Fsp3) is 0.333. The van der Waals surface area contributed by atoms with Crippen molar-refractivity contribution in [3.05, 3.63) is 28.0 Å². The molecule has 1 aromatic carbocycles. The third kappa shape index (κ3) is 1.97. The number of benzene rings is 1. The van der Waals surface area contributed by atoms with Crippen molar-refractivity contribution in [2.24, 2.45) is 5.90 Å². The molecule has 0 saturated heterocycles. The topological polar surface area (TPSA) is 44.5 Å². The Labute approximate surface area is 86.5 Å². The quantitative estimate of drug-likeness (QED) is 0.793. The largest absolute Gasteiger partial charge is 0.495 e. The number of nitrogens with two attached hydrogens (primary N) is 1. The van der Waals surface area contributed by atoms with Crippen LogP contribution >= 0.6 is 11.6 Å². The van der Waals surface area contributed by atoms with E-state index in [1.165, 1.54) is 13.2 Å². The van der Waals surface area contributed by atoms with Crippen LogP contribution in [0.2, 0.25) is 5.02 Å². The average Bonchev–Trinajstić information content (AvgIpc) is 2.14. The predicted octanol–water partition coefficient (Wildman–Crippen LogP) is 2.19. The molecular formula is C9H11ClFNO2. The molecule has 5 heteroatoms. The monoisotopic (exact) mass is 219 g/mol. The lowest BCUT2D eigenvalue weighted by Crippen LogP contribution is -2.05. The van der Waals surface area contributed by atoms with Gasteiger partial charge in [-0.05, 0) is 18.6 Å². The lowest BCUT2D eigenvalue weighted by atomic mass is 10.1. The molecule has 2 N–H and O–H groups in total. The SMILES string of the molecule is COc1c(Cl)cc(F)c(C)c1CON. The maximum absolute atomic E-state index is 13.2. The molecule has 0 bridgehead atoms. The molecule has 0 fully saturated rings. The second-order valence-corrected chi connectivity index (χ2v) is 3.20. The van der Waals surface area contributed by atoms with Crippen molar-refractivity contribution >= 4 is 11.6 Å². The van der Waals surface area contributed by atoms with Crippen molar-refractivity contribution in [1.82, 2.24) is 0 Å². The molecule has 1 rings (SSSR count). The van der Waals surface area contributed by atoms with E-state index in [0.29, 0.717) is 16.9 Å². The standard InChI is InChI=1S/C9H11ClFNO2/c1-5-6(4-14-12)9(13-2)7(10)3-8(5)11/h3H,4,12H2,1-2H3. The van der Waals surface area contributed by atoms with Gasteiger partial charge in [0, 0.05) is 5.56 Å². The van der Waals surface area contributed by atoms with E-state index in [9.17, 15) is 4.39 Å². The first-order valence-corrected chi connectivity index (χ1v) is 4.32. The Morgan fingerprint density at radius 2 is 2.21 bits per heavy atom. The van der Waals surface area contributed by atoms with Gasteiger partial charge in [0.1, 0.15) is 11.6 Å². The number of halogens is 2. The van der Waals surface area contributed by atoms with Gasteiger partial charge in [0.15, 0.2) is 0 Å². The number of hydrogen-bond acceptors (Lipinski definition) is 3. The Balaban J connectivity index is 3.32. The van der Waals surface area contributed by atoms with E-state index in [1.807, 2.05) is 0 Å². The van der Waals surface area contributed by atoms with Crippen LogP contribution in [0.4, 0.5) is 4.39 Å². The fourth-order valence-corrected chi connectivity index (χ4v) is 1.51. The molecule has 0 aromatic heterocycles. The normalized spacial score (nSPS) is 10.4. The molecule has 1 aromatic rings. The van der Waals surface area contributed by atoms with E-state index < -0.39 is 5.82 Å². The van der Waals surface area contributed by atoms with Crippen molar-refractivity contribution < 1.29 is 14.0 Å². The molecule has 14 heavy (non-hydrogen) atoms. The first-order valence-electron chi connectivity index (χ1n) is 3.95. The van der Waals surface area contributed by atoms with Gasteiger partial charge in [0.2, 0.25) is 0 Å². The number of ether oxygens (including phenoxy) is 1. The van der Waals surface area contributed by atoms with Gasteiger partial charge in [-0.15, -0.1) is 0 Å². The van der Waals surface area contributed by atoms with Crippen LogP contribution in [0, 0.1) is 12.7 Å². The first kappa shape index (κ1) is 11.2. The van der Waals surface area contributed by atoms with Crippen LogP contribution < -0.4 is 10.6 Å². The van der Waals surface area contributed by atoms with Gasteiger partial charge in [-0.2, -0.15) is 0 Å². The Kier molecular flexibility index (Phi) is 3.69. The summed E-state index contributed by atoms with van der Waals surface area (Å²) < 4.78 is 18.3. The zero-order chi connectivity index (χ0) is 10.7. The van der Waals surface area contributed by atoms with Gasteiger partial charge in [0.05, 0.1) is 18.7 Å². The molecule has 0 unspecified atom stereocenters. The van der Waals surface area contributed by atoms with Gasteiger partial charge < -0.3 is 4.74 Å². The Hall–Kier alpha value is -0.840. The fourth-order valence-electron chi connectivity index (χ4n) is 1.22. The Morgan fingerprint density at radius 1 is 1.57 bits per heavy atom. The van der Waals surface area contributed by atoms with Crippen molar-refractivity contribution in [1.29, 1.82) is 0 Å². The lowest BCUT2D eigenvalue weighted by molar-refractivity contribution is 0.121. The maximum atomic E-state index is 13.2. The molecule has 0 amide bonds. The highest BCUT2D eigenvalue weighted by molar-refractivity contribution is 6.32. The minimum Gasteiger partial charge on any atom is -0.495 e. The second kappa shape index (κ2) is 4.59. The van der Waals surface area contributed by atoms with Crippen LogP contribution in [0.3, 0.4) is 0 Å². The minimum absolute atomic E-state index is 0.0620. The number of hydrogen-bond donors (Lipinski definition) is 1. The predicted molar refractivity (Wildman–Crippen MR) is 51.7 cm³/mol. The summed E-state index contributed by atoms with van der Waals surface area (Å²) in [5.41, 5.74) is 0.955. The molecule has 0 aliphatic heterocycles. The Bertz CT molecular complexity index is 344. The Morgan fingerprint density at radius 3 is 2.71 bits per heavy atom. The van der Waals surface area contributed by atoms with Crippen molar-refractivity contribution in [2.45, 2.75) is 13.5 Å². The molecule has 78 valence electrons. The second-order valence-electron chi connectivity index (χ2n) is 2.79. The highest BCUT2D eigenvalue weighted by atomic mass is 35.5. The van der Waals surface area contributed by atoms with Gasteiger partial charge in [-0.25, -0.2) is 10.3 Å². The number of rotatable bonds is 3. The summed E-state index contributed by atoms with van der Waals surface area (Å²) >= 11 is 5.78. The van der Waals surface area contributed by atoms with E-state index in [2.05, 4.69) is 4.84 Å². The summed E-state index contributed by atoms with van der Waals surface area (Å²) in [6.07, 6.45) is 0. The van der Waals surface area contributed by atoms with Crippen LogP contribution in [0.15, 0.2) is 6.07 Å².